The third-order valence-electron chi connectivity index (χ3n) is 1.62. The van der Waals surface area contributed by atoms with Gasteiger partial charge in [-0.2, -0.15) is 12.6 Å². The molecule has 15 heavy (non-hydrogen) atoms. The second-order valence-corrected chi connectivity index (χ2v) is 3.31. The lowest BCUT2D eigenvalue weighted by molar-refractivity contribution is -0.143. The van der Waals surface area contributed by atoms with E-state index in [-0.39, 0.29) is 25.1 Å². The van der Waals surface area contributed by atoms with Crippen LogP contribution < -0.4 is 11.1 Å². The maximum atomic E-state index is 10.9. The molecule has 0 unspecified atom stereocenters. The minimum absolute atomic E-state index is 0. The Kier molecular flexibility index (Phi) is 7.54. The molecular formula is C8H18ClN3O2S. The number of rotatable bonds is 6. The summed E-state index contributed by atoms with van der Waals surface area (Å²) in [4.78, 5) is 14.8. The average Bonchev–Trinajstić information content (AvgIpc) is 2.18. The molecule has 90 valence electrons. The lowest BCUT2D eigenvalue weighted by Gasteiger charge is -2.23. The molecule has 0 aromatic rings. The second-order valence-electron chi connectivity index (χ2n) is 3.00. The Hall–Kier alpha value is -0.460. The van der Waals surface area contributed by atoms with Gasteiger partial charge >= 0.3 is 5.97 Å². The molecule has 0 aliphatic carbocycles. The molecule has 0 saturated carbocycles. The number of amidine groups is 1. The first-order valence-electron chi connectivity index (χ1n) is 4.84. The van der Waals surface area contributed by atoms with Crippen molar-refractivity contribution in [3.8, 4) is 0 Å². The maximum Gasteiger partial charge on any atom is 0.324 e. The topological polar surface area (TPSA) is 87.7 Å². The van der Waals surface area contributed by atoms with Crippen LogP contribution in [0.5, 0.6) is 0 Å². The second kappa shape index (κ2) is 7.78. The van der Waals surface area contributed by atoms with E-state index in [0.29, 0.717) is 18.9 Å². The van der Waals surface area contributed by atoms with E-state index in [9.17, 15) is 4.79 Å². The summed E-state index contributed by atoms with van der Waals surface area (Å²) in [6.45, 7) is 2.15. The number of hydrogen-bond donors (Lipinski definition) is 4. The lowest BCUT2D eigenvalue weighted by Crippen LogP contribution is -2.52. The molecule has 0 rings (SSSR count). The summed E-state index contributed by atoms with van der Waals surface area (Å²) in [7, 11) is 0. The highest BCUT2D eigenvalue weighted by atomic mass is 35.5. The van der Waals surface area contributed by atoms with Crippen molar-refractivity contribution in [1.29, 1.82) is 0 Å². The third-order valence-corrected chi connectivity index (χ3v) is 2.16. The SMILES string of the molecule is Cl.[2H]C[C@@](CS)(NCCN=C(C)N)C(=O)O. The van der Waals surface area contributed by atoms with Crippen molar-refractivity contribution in [2.75, 3.05) is 18.8 Å². The number of halogens is 1. The van der Waals surface area contributed by atoms with Crippen molar-refractivity contribution in [1.82, 2.24) is 5.32 Å². The Labute approximate surface area is 103 Å². The molecular weight excluding hydrogens is 238 g/mol. The molecule has 0 radical (unpaired) electrons. The highest BCUT2D eigenvalue weighted by Crippen LogP contribution is 2.05. The number of hydrogen-bond acceptors (Lipinski definition) is 4. The van der Waals surface area contributed by atoms with Gasteiger partial charge in [-0.25, -0.2) is 0 Å². The van der Waals surface area contributed by atoms with Crippen LogP contribution in [0.3, 0.4) is 0 Å². The number of carboxylic acids is 1. The predicted molar refractivity (Wildman–Crippen MR) is 67.3 cm³/mol. The standard InChI is InChI=1S/C8H17N3O2S.ClH/c1-6(9)10-3-4-11-8(2,5-14)7(12)13;/h11,14H,3-5H2,1-2H3,(H2,9,10)(H,12,13);1H/t8-;/m0./s1/i2D;. The summed E-state index contributed by atoms with van der Waals surface area (Å²) in [5.41, 5.74) is 4.03. The van der Waals surface area contributed by atoms with Gasteiger partial charge in [0.25, 0.3) is 0 Å². The number of nitrogens with one attached hydrogen (secondary N) is 1. The Morgan fingerprint density at radius 1 is 1.80 bits per heavy atom. The van der Waals surface area contributed by atoms with E-state index in [1.807, 2.05) is 0 Å². The molecule has 0 bridgehead atoms. The van der Waals surface area contributed by atoms with E-state index in [4.69, 9.17) is 12.2 Å². The van der Waals surface area contributed by atoms with Gasteiger partial charge in [0.1, 0.15) is 5.54 Å². The molecule has 0 aromatic heterocycles. The molecule has 0 aromatic carbocycles. The molecule has 5 nitrogen and oxygen atoms in total. The van der Waals surface area contributed by atoms with Crippen LogP contribution in [-0.4, -0.2) is 41.3 Å². The van der Waals surface area contributed by atoms with Crippen LogP contribution in [0.1, 0.15) is 15.2 Å². The summed E-state index contributed by atoms with van der Waals surface area (Å²) >= 11 is 3.94. The fraction of sp³-hybridized carbons (Fsp3) is 0.750. The minimum atomic E-state index is -1.29. The van der Waals surface area contributed by atoms with Crippen LogP contribution in [0.15, 0.2) is 4.99 Å². The van der Waals surface area contributed by atoms with Crippen LogP contribution in [0.4, 0.5) is 0 Å². The van der Waals surface area contributed by atoms with Gasteiger partial charge in [-0.1, -0.05) is 0 Å². The molecule has 0 heterocycles. The number of thiol groups is 1. The van der Waals surface area contributed by atoms with E-state index in [2.05, 4.69) is 22.9 Å². The van der Waals surface area contributed by atoms with Crippen LogP contribution in [-0.2, 0) is 4.79 Å². The zero-order valence-corrected chi connectivity index (χ0v) is 10.3. The molecule has 1 atom stereocenters. The highest BCUT2D eigenvalue weighted by Gasteiger charge is 2.30. The Bertz CT molecular complexity index is 245. The quantitative estimate of drug-likeness (QED) is 0.236. The van der Waals surface area contributed by atoms with Gasteiger partial charge in [0, 0.05) is 13.7 Å². The van der Waals surface area contributed by atoms with Crippen molar-refractivity contribution in [2.45, 2.75) is 19.4 Å². The smallest absolute Gasteiger partial charge is 0.324 e. The lowest BCUT2D eigenvalue weighted by atomic mass is 10.1. The predicted octanol–water partition coefficient (Wildman–Crippen LogP) is 0.148. The molecule has 0 saturated heterocycles. The van der Waals surface area contributed by atoms with E-state index >= 15 is 0 Å². The van der Waals surface area contributed by atoms with Gasteiger partial charge in [0.15, 0.2) is 0 Å². The molecule has 0 spiro atoms. The van der Waals surface area contributed by atoms with E-state index in [0.717, 1.165) is 0 Å². The first-order chi connectivity index (χ1) is 6.98. The number of aliphatic carboxylic acids is 1. The molecule has 0 aliphatic rings. The maximum absolute atomic E-state index is 10.9. The van der Waals surface area contributed by atoms with Crippen molar-refractivity contribution in [2.24, 2.45) is 10.7 Å². The van der Waals surface area contributed by atoms with Crippen molar-refractivity contribution >= 4 is 36.8 Å². The molecule has 4 N–H and O–H groups in total. The Balaban J connectivity index is 0. The van der Waals surface area contributed by atoms with E-state index in [1.165, 1.54) is 0 Å². The van der Waals surface area contributed by atoms with Gasteiger partial charge in [-0.3, -0.25) is 15.1 Å². The zero-order valence-electron chi connectivity index (χ0n) is 9.56. The van der Waals surface area contributed by atoms with Crippen LogP contribution in [0, 0.1) is 0 Å². The number of aliphatic imine (C=N–C) groups is 1. The van der Waals surface area contributed by atoms with E-state index in [1.54, 1.807) is 6.92 Å². The monoisotopic (exact) mass is 256 g/mol. The zero-order chi connectivity index (χ0) is 11.9. The van der Waals surface area contributed by atoms with Crippen LogP contribution >= 0.6 is 25.0 Å². The fourth-order valence-electron chi connectivity index (χ4n) is 0.727. The van der Waals surface area contributed by atoms with E-state index < -0.39 is 11.5 Å². The van der Waals surface area contributed by atoms with Gasteiger partial charge < -0.3 is 10.8 Å². The fourth-order valence-corrected chi connectivity index (χ4v) is 0.974. The molecule has 0 amide bonds. The number of carbonyl (C=O) groups is 1. The number of nitrogens with two attached hydrogens (primary N) is 1. The van der Waals surface area contributed by atoms with Gasteiger partial charge in [-0.15, -0.1) is 12.4 Å². The first-order valence-corrected chi connectivity index (χ1v) is 4.77. The van der Waals surface area contributed by atoms with Crippen LogP contribution in [0.2, 0.25) is 0 Å². The van der Waals surface area contributed by atoms with Crippen molar-refractivity contribution < 1.29 is 11.3 Å². The summed E-state index contributed by atoms with van der Waals surface area (Å²) in [5, 5.41) is 11.7. The molecule has 0 aliphatic heterocycles. The van der Waals surface area contributed by atoms with Crippen molar-refractivity contribution in [3.63, 3.8) is 0 Å². The average molecular weight is 257 g/mol. The normalized spacial score (nSPS) is 16.1. The van der Waals surface area contributed by atoms with Crippen LogP contribution in [0.25, 0.3) is 0 Å². The summed E-state index contributed by atoms with van der Waals surface area (Å²) in [5.74, 6) is -0.549. The van der Waals surface area contributed by atoms with Gasteiger partial charge in [0.2, 0.25) is 0 Å². The summed E-state index contributed by atoms with van der Waals surface area (Å²) in [6.07, 6.45) is 0. The van der Waals surface area contributed by atoms with Crippen molar-refractivity contribution in [3.05, 3.63) is 0 Å². The largest absolute Gasteiger partial charge is 0.480 e. The molecule has 7 heteroatoms. The molecule has 0 fully saturated rings. The third kappa shape index (κ3) is 6.59. The highest BCUT2D eigenvalue weighted by molar-refractivity contribution is 7.80. The summed E-state index contributed by atoms with van der Waals surface area (Å²) in [6, 6.07) is 0. The first kappa shape index (κ1) is 14.5. The van der Waals surface area contributed by atoms with Gasteiger partial charge in [-0.05, 0) is 13.8 Å². The summed E-state index contributed by atoms with van der Waals surface area (Å²) < 4.78 is 7.21. The number of carboxylic acid groups (broad SMARTS) is 1. The number of nitrogens with zero attached hydrogens (tertiary/aromatic N) is 1. The van der Waals surface area contributed by atoms with Gasteiger partial charge in [0.05, 0.1) is 12.4 Å². The Morgan fingerprint density at radius 3 is 2.73 bits per heavy atom. The Morgan fingerprint density at radius 2 is 2.40 bits per heavy atom. The minimum Gasteiger partial charge on any atom is -0.480 e.